The number of rotatable bonds is 3. The Bertz CT molecular complexity index is 683. The van der Waals surface area contributed by atoms with E-state index in [1.165, 1.54) is 0 Å². The van der Waals surface area contributed by atoms with Gasteiger partial charge in [-0.3, -0.25) is 4.79 Å². The van der Waals surface area contributed by atoms with Crippen LogP contribution in [0.3, 0.4) is 0 Å². The van der Waals surface area contributed by atoms with Crippen LogP contribution >= 0.6 is 11.6 Å². The second-order valence-corrected chi connectivity index (χ2v) is 5.47. The fourth-order valence-electron chi connectivity index (χ4n) is 2.09. The lowest BCUT2D eigenvalue weighted by Gasteiger charge is -2.18. The molecule has 1 amide bonds. The molecule has 0 aliphatic heterocycles. The van der Waals surface area contributed by atoms with Crippen molar-refractivity contribution in [3.8, 4) is 0 Å². The van der Waals surface area contributed by atoms with Crippen LogP contribution in [0.15, 0.2) is 36.4 Å². The van der Waals surface area contributed by atoms with Gasteiger partial charge in [0.05, 0.1) is 11.4 Å². The van der Waals surface area contributed by atoms with Gasteiger partial charge in [0.25, 0.3) is 5.91 Å². The minimum absolute atomic E-state index is 0.204. The zero-order valence-electron chi connectivity index (χ0n) is 12.3. The van der Waals surface area contributed by atoms with Gasteiger partial charge >= 0.3 is 0 Å². The largest absolute Gasteiger partial charge is 0.398 e. The van der Waals surface area contributed by atoms with Crippen molar-refractivity contribution >= 4 is 34.6 Å². The topological polar surface area (TPSA) is 58.4 Å². The number of nitrogens with two attached hydrogens (primary N) is 1. The predicted octanol–water partition coefficient (Wildman–Crippen LogP) is 3.55. The van der Waals surface area contributed by atoms with Crippen LogP contribution in [0.25, 0.3) is 0 Å². The zero-order chi connectivity index (χ0) is 15.6. The molecule has 0 fully saturated rings. The minimum atomic E-state index is -0.204. The van der Waals surface area contributed by atoms with Crippen molar-refractivity contribution in [1.82, 2.24) is 0 Å². The molecular formula is C16H18ClN3O. The molecule has 2 aromatic carbocycles. The van der Waals surface area contributed by atoms with E-state index in [9.17, 15) is 4.79 Å². The average Bonchev–Trinajstić information content (AvgIpc) is 2.41. The number of carbonyl (C=O) groups is 1. The summed E-state index contributed by atoms with van der Waals surface area (Å²) in [6.07, 6.45) is 0. The number of halogens is 1. The van der Waals surface area contributed by atoms with E-state index in [1.807, 2.05) is 32.0 Å². The number of amides is 1. The van der Waals surface area contributed by atoms with Gasteiger partial charge in [-0.2, -0.15) is 0 Å². The number of carbonyl (C=O) groups excluding carboxylic acids is 1. The second-order valence-electron chi connectivity index (χ2n) is 5.03. The van der Waals surface area contributed by atoms with E-state index in [0.29, 0.717) is 22.0 Å². The summed E-state index contributed by atoms with van der Waals surface area (Å²) in [5.41, 5.74) is 9.32. The molecule has 0 aliphatic carbocycles. The molecule has 2 rings (SSSR count). The molecule has 3 N–H and O–H groups in total. The molecular weight excluding hydrogens is 286 g/mol. The smallest absolute Gasteiger partial charge is 0.256 e. The number of anilines is 3. The van der Waals surface area contributed by atoms with Gasteiger partial charge in [0, 0.05) is 30.4 Å². The summed E-state index contributed by atoms with van der Waals surface area (Å²) in [6.45, 7) is 1.83. The van der Waals surface area contributed by atoms with Gasteiger partial charge in [-0.15, -0.1) is 0 Å². The van der Waals surface area contributed by atoms with Crippen molar-refractivity contribution in [2.75, 3.05) is 30.0 Å². The lowest BCUT2D eigenvalue weighted by molar-refractivity contribution is 0.102. The Kier molecular flexibility index (Phi) is 4.38. The zero-order valence-corrected chi connectivity index (χ0v) is 13.0. The third-order valence-electron chi connectivity index (χ3n) is 3.31. The lowest BCUT2D eigenvalue weighted by atomic mass is 10.1. The second kappa shape index (κ2) is 6.06. The molecule has 0 atom stereocenters. The van der Waals surface area contributed by atoms with Gasteiger partial charge in [-0.25, -0.2) is 0 Å². The summed E-state index contributed by atoms with van der Waals surface area (Å²) in [4.78, 5) is 14.4. The van der Waals surface area contributed by atoms with Crippen LogP contribution in [-0.2, 0) is 0 Å². The monoisotopic (exact) mass is 303 g/mol. The normalized spacial score (nSPS) is 10.3. The Hall–Kier alpha value is -2.20. The van der Waals surface area contributed by atoms with Gasteiger partial charge in [-0.1, -0.05) is 17.7 Å². The number of hydrogen-bond acceptors (Lipinski definition) is 3. The van der Waals surface area contributed by atoms with E-state index in [1.54, 1.807) is 30.3 Å². The molecule has 0 aromatic heterocycles. The van der Waals surface area contributed by atoms with Gasteiger partial charge in [0.15, 0.2) is 0 Å². The first kappa shape index (κ1) is 15.2. The molecule has 110 valence electrons. The van der Waals surface area contributed by atoms with Crippen LogP contribution in [0, 0.1) is 6.92 Å². The highest BCUT2D eigenvalue weighted by atomic mass is 35.5. The molecule has 21 heavy (non-hydrogen) atoms. The van der Waals surface area contributed by atoms with E-state index in [-0.39, 0.29) is 5.91 Å². The third kappa shape index (κ3) is 3.28. The summed E-state index contributed by atoms with van der Waals surface area (Å²) in [7, 11) is 3.81. The standard InChI is InChI=1S/C16H18ClN3O/c1-10-12(5-4-6-13(10)18)16(21)19-14-9-11(17)7-8-15(14)20(2)3/h4-9H,18H2,1-3H3,(H,19,21). The maximum atomic E-state index is 12.4. The molecule has 0 spiro atoms. The summed E-state index contributed by atoms with van der Waals surface area (Å²) < 4.78 is 0. The average molecular weight is 304 g/mol. The molecule has 0 heterocycles. The molecule has 2 aromatic rings. The molecule has 0 aliphatic rings. The van der Waals surface area contributed by atoms with Crippen LogP contribution in [0.4, 0.5) is 17.1 Å². The van der Waals surface area contributed by atoms with Crippen molar-refractivity contribution in [3.05, 3.63) is 52.5 Å². The van der Waals surface area contributed by atoms with Crippen LogP contribution in [0.5, 0.6) is 0 Å². The highest BCUT2D eigenvalue weighted by Crippen LogP contribution is 2.28. The van der Waals surface area contributed by atoms with Crippen molar-refractivity contribution in [3.63, 3.8) is 0 Å². The maximum Gasteiger partial charge on any atom is 0.256 e. The molecule has 0 unspecified atom stereocenters. The first-order chi connectivity index (χ1) is 9.90. The Balaban J connectivity index is 2.36. The van der Waals surface area contributed by atoms with Gasteiger partial charge < -0.3 is 16.0 Å². The summed E-state index contributed by atoms with van der Waals surface area (Å²) in [5.74, 6) is -0.204. The maximum absolute atomic E-state index is 12.4. The Morgan fingerprint density at radius 1 is 1.24 bits per heavy atom. The Labute approximate surface area is 129 Å². The Morgan fingerprint density at radius 2 is 1.95 bits per heavy atom. The van der Waals surface area contributed by atoms with Crippen LogP contribution < -0.4 is 16.0 Å². The highest BCUT2D eigenvalue weighted by Gasteiger charge is 2.13. The molecule has 0 saturated heterocycles. The van der Waals surface area contributed by atoms with Crippen LogP contribution in [-0.4, -0.2) is 20.0 Å². The number of nitrogens with zero attached hydrogens (tertiary/aromatic N) is 1. The highest BCUT2D eigenvalue weighted by molar-refractivity contribution is 6.31. The first-order valence-electron chi connectivity index (χ1n) is 6.53. The molecule has 0 radical (unpaired) electrons. The quantitative estimate of drug-likeness (QED) is 0.853. The van der Waals surface area contributed by atoms with Crippen molar-refractivity contribution < 1.29 is 4.79 Å². The minimum Gasteiger partial charge on any atom is -0.398 e. The van der Waals surface area contributed by atoms with E-state index in [4.69, 9.17) is 17.3 Å². The van der Waals surface area contributed by atoms with Crippen LogP contribution in [0.1, 0.15) is 15.9 Å². The number of benzene rings is 2. The molecule has 0 bridgehead atoms. The fourth-order valence-corrected chi connectivity index (χ4v) is 2.26. The summed E-state index contributed by atoms with van der Waals surface area (Å²) in [6, 6.07) is 10.7. The number of nitrogen functional groups attached to an aromatic ring is 1. The third-order valence-corrected chi connectivity index (χ3v) is 3.54. The van der Waals surface area contributed by atoms with Crippen LogP contribution in [0.2, 0.25) is 5.02 Å². The van der Waals surface area contributed by atoms with Gasteiger partial charge in [0.1, 0.15) is 0 Å². The van der Waals surface area contributed by atoms with E-state index in [2.05, 4.69) is 5.32 Å². The molecule has 4 nitrogen and oxygen atoms in total. The lowest BCUT2D eigenvalue weighted by Crippen LogP contribution is -2.17. The Morgan fingerprint density at radius 3 is 2.62 bits per heavy atom. The van der Waals surface area contributed by atoms with Crippen molar-refractivity contribution in [2.24, 2.45) is 0 Å². The van der Waals surface area contributed by atoms with Gasteiger partial charge in [0.2, 0.25) is 0 Å². The van der Waals surface area contributed by atoms with E-state index < -0.39 is 0 Å². The summed E-state index contributed by atoms with van der Waals surface area (Å²) in [5, 5.41) is 3.47. The van der Waals surface area contributed by atoms with E-state index in [0.717, 1.165) is 11.3 Å². The number of hydrogen-bond donors (Lipinski definition) is 2. The SMILES string of the molecule is Cc1c(N)cccc1C(=O)Nc1cc(Cl)ccc1N(C)C. The summed E-state index contributed by atoms with van der Waals surface area (Å²) >= 11 is 6.02. The van der Waals surface area contributed by atoms with Crippen molar-refractivity contribution in [1.29, 1.82) is 0 Å². The molecule has 5 heteroatoms. The fraction of sp³-hybridized carbons (Fsp3) is 0.188. The van der Waals surface area contributed by atoms with Crippen molar-refractivity contribution in [2.45, 2.75) is 6.92 Å². The molecule has 0 saturated carbocycles. The van der Waals surface area contributed by atoms with E-state index >= 15 is 0 Å². The predicted molar refractivity (Wildman–Crippen MR) is 89.3 cm³/mol. The first-order valence-corrected chi connectivity index (χ1v) is 6.91. The number of nitrogens with one attached hydrogen (secondary N) is 1. The van der Waals surface area contributed by atoms with Gasteiger partial charge in [-0.05, 0) is 42.8 Å².